The number of carbonyl (C=O) groups excluding carboxylic acids is 1. The zero-order valence-electron chi connectivity index (χ0n) is 9.95. The van der Waals surface area contributed by atoms with Crippen molar-refractivity contribution in [3.8, 4) is 0 Å². The van der Waals surface area contributed by atoms with Crippen LogP contribution in [0.1, 0.15) is 19.4 Å². The second kappa shape index (κ2) is 7.47. The Morgan fingerprint density at radius 2 is 2.00 bits per heavy atom. The lowest BCUT2D eigenvalue weighted by atomic mass is 10.1. The third-order valence-corrected chi connectivity index (χ3v) is 3.09. The highest BCUT2D eigenvalue weighted by Gasteiger charge is 1.96. The van der Waals surface area contributed by atoms with Gasteiger partial charge in [0.05, 0.1) is 6.54 Å². The van der Waals surface area contributed by atoms with Gasteiger partial charge in [0, 0.05) is 4.90 Å². The number of carbonyl (C=O) groups is 1. The SMILES string of the molecule is CCSc1ccc(CCNCC(C)=O)cc1. The van der Waals surface area contributed by atoms with Gasteiger partial charge in [-0.05, 0) is 43.3 Å². The second-order valence-electron chi connectivity index (χ2n) is 3.71. The number of thioether (sulfide) groups is 1. The fourth-order valence-corrected chi connectivity index (χ4v) is 2.08. The van der Waals surface area contributed by atoms with Crippen LogP contribution in [0.4, 0.5) is 0 Å². The standard InChI is InChI=1S/C13H19NOS/c1-3-16-13-6-4-12(5-7-13)8-9-14-10-11(2)15/h4-7,14H,3,8-10H2,1-2H3. The van der Waals surface area contributed by atoms with Crippen molar-refractivity contribution in [2.75, 3.05) is 18.8 Å². The van der Waals surface area contributed by atoms with E-state index in [0.29, 0.717) is 6.54 Å². The minimum absolute atomic E-state index is 0.190. The van der Waals surface area contributed by atoms with Crippen LogP contribution in [-0.4, -0.2) is 24.6 Å². The number of hydrogen-bond donors (Lipinski definition) is 1. The van der Waals surface area contributed by atoms with E-state index in [4.69, 9.17) is 0 Å². The van der Waals surface area contributed by atoms with E-state index in [-0.39, 0.29) is 5.78 Å². The smallest absolute Gasteiger partial charge is 0.143 e. The van der Waals surface area contributed by atoms with Crippen LogP contribution in [0.5, 0.6) is 0 Å². The molecule has 0 aromatic heterocycles. The summed E-state index contributed by atoms with van der Waals surface area (Å²) in [5.74, 6) is 1.30. The molecule has 16 heavy (non-hydrogen) atoms. The summed E-state index contributed by atoms with van der Waals surface area (Å²) >= 11 is 1.86. The molecule has 0 saturated heterocycles. The summed E-state index contributed by atoms with van der Waals surface area (Å²) in [5.41, 5.74) is 1.32. The predicted octanol–water partition coefficient (Wildman–Crippen LogP) is 2.52. The van der Waals surface area contributed by atoms with E-state index in [0.717, 1.165) is 18.7 Å². The largest absolute Gasteiger partial charge is 0.310 e. The number of Topliss-reactive ketones (excluding diaryl/α,β-unsaturated/α-hetero) is 1. The molecule has 88 valence electrons. The fraction of sp³-hybridized carbons (Fsp3) is 0.462. The normalized spacial score (nSPS) is 10.4. The third kappa shape index (κ3) is 5.33. The number of hydrogen-bond acceptors (Lipinski definition) is 3. The van der Waals surface area contributed by atoms with Gasteiger partial charge in [0.1, 0.15) is 5.78 Å². The fourth-order valence-electron chi connectivity index (χ4n) is 1.42. The van der Waals surface area contributed by atoms with E-state index in [2.05, 4.69) is 36.5 Å². The molecule has 0 aliphatic carbocycles. The molecule has 1 aromatic rings. The average Bonchev–Trinajstić information content (AvgIpc) is 2.27. The van der Waals surface area contributed by atoms with Crippen molar-refractivity contribution >= 4 is 17.5 Å². The van der Waals surface area contributed by atoms with Crippen LogP contribution >= 0.6 is 11.8 Å². The van der Waals surface area contributed by atoms with Crippen LogP contribution in [0.25, 0.3) is 0 Å². The minimum atomic E-state index is 0.190. The minimum Gasteiger partial charge on any atom is -0.310 e. The van der Waals surface area contributed by atoms with E-state index < -0.39 is 0 Å². The molecule has 0 unspecified atom stereocenters. The lowest BCUT2D eigenvalue weighted by Gasteiger charge is -2.04. The molecule has 0 saturated carbocycles. The van der Waals surface area contributed by atoms with Crippen molar-refractivity contribution in [2.45, 2.75) is 25.2 Å². The zero-order valence-corrected chi connectivity index (χ0v) is 10.8. The third-order valence-electron chi connectivity index (χ3n) is 2.20. The van der Waals surface area contributed by atoms with Crippen molar-refractivity contribution in [2.24, 2.45) is 0 Å². The molecule has 0 aliphatic rings. The molecule has 0 heterocycles. The Morgan fingerprint density at radius 1 is 1.31 bits per heavy atom. The molecule has 0 bridgehead atoms. The summed E-state index contributed by atoms with van der Waals surface area (Å²) in [6.45, 7) is 5.09. The number of benzene rings is 1. The van der Waals surface area contributed by atoms with Gasteiger partial charge in [-0.25, -0.2) is 0 Å². The first-order chi connectivity index (χ1) is 7.72. The maximum Gasteiger partial charge on any atom is 0.143 e. The Bertz CT molecular complexity index is 321. The Balaban J connectivity index is 2.29. The predicted molar refractivity (Wildman–Crippen MR) is 70.1 cm³/mol. The number of rotatable bonds is 7. The average molecular weight is 237 g/mol. The molecule has 0 spiro atoms. The van der Waals surface area contributed by atoms with Gasteiger partial charge in [-0.2, -0.15) is 0 Å². The van der Waals surface area contributed by atoms with Crippen LogP contribution < -0.4 is 5.32 Å². The maximum atomic E-state index is 10.7. The lowest BCUT2D eigenvalue weighted by molar-refractivity contribution is -0.116. The van der Waals surface area contributed by atoms with Crippen molar-refractivity contribution in [3.63, 3.8) is 0 Å². The first kappa shape index (κ1) is 13.3. The van der Waals surface area contributed by atoms with Crippen molar-refractivity contribution < 1.29 is 4.79 Å². The highest BCUT2D eigenvalue weighted by atomic mass is 32.2. The molecule has 0 aliphatic heterocycles. The van der Waals surface area contributed by atoms with E-state index in [1.807, 2.05) is 11.8 Å². The van der Waals surface area contributed by atoms with Gasteiger partial charge in [0.15, 0.2) is 0 Å². The zero-order chi connectivity index (χ0) is 11.8. The van der Waals surface area contributed by atoms with E-state index in [9.17, 15) is 4.79 Å². The molecule has 1 aromatic carbocycles. The Labute approximate surface area is 102 Å². The summed E-state index contributed by atoms with van der Waals surface area (Å²) in [6.07, 6.45) is 0.977. The molecule has 0 atom stereocenters. The number of ketones is 1. The van der Waals surface area contributed by atoms with Crippen molar-refractivity contribution in [3.05, 3.63) is 29.8 Å². The maximum absolute atomic E-state index is 10.7. The lowest BCUT2D eigenvalue weighted by Crippen LogP contribution is -2.23. The van der Waals surface area contributed by atoms with Gasteiger partial charge < -0.3 is 5.32 Å². The Kier molecular flexibility index (Phi) is 6.19. The summed E-state index contributed by atoms with van der Waals surface area (Å²) in [5, 5.41) is 3.12. The Hall–Kier alpha value is -0.800. The summed E-state index contributed by atoms with van der Waals surface area (Å²) in [7, 11) is 0. The summed E-state index contributed by atoms with van der Waals surface area (Å²) in [4.78, 5) is 12.0. The van der Waals surface area contributed by atoms with Crippen LogP contribution in [0.2, 0.25) is 0 Å². The van der Waals surface area contributed by atoms with Crippen LogP contribution in [-0.2, 0) is 11.2 Å². The summed E-state index contributed by atoms with van der Waals surface area (Å²) in [6, 6.07) is 8.64. The first-order valence-corrected chi connectivity index (χ1v) is 6.63. The van der Waals surface area contributed by atoms with E-state index in [1.165, 1.54) is 10.5 Å². The molecule has 2 nitrogen and oxygen atoms in total. The van der Waals surface area contributed by atoms with Gasteiger partial charge in [0.25, 0.3) is 0 Å². The van der Waals surface area contributed by atoms with Crippen molar-refractivity contribution in [1.82, 2.24) is 5.32 Å². The molecular weight excluding hydrogens is 218 g/mol. The van der Waals surface area contributed by atoms with Gasteiger partial charge in [-0.3, -0.25) is 4.79 Å². The molecule has 3 heteroatoms. The van der Waals surface area contributed by atoms with Gasteiger partial charge in [-0.15, -0.1) is 11.8 Å². The monoisotopic (exact) mass is 237 g/mol. The van der Waals surface area contributed by atoms with Crippen LogP contribution in [0, 0.1) is 0 Å². The highest BCUT2D eigenvalue weighted by Crippen LogP contribution is 2.17. The highest BCUT2D eigenvalue weighted by molar-refractivity contribution is 7.99. The molecule has 1 rings (SSSR count). The molecule has 0 fully saturated rings. The molecule has 0 radical (unpaired) electrons. The van der Waals surface area contributed by atoms with Crippen LogP contribution in [0.3, 0.4) is 0 Å². The van der Waals surface area contributed by atoms with Crippen molar-refractivity contribution in [1.29, 1.82) is 0 Å². The quantitative estimate of drug-likeness (QED) is 0.583. The topological polar surface area (TPSA) is 29.1 Å². The molecule has 1 N–H and O–H groups in total. The first-order valence-electron chi connectivity index (χ1n) is 5.64. The van der Waals surface area contributed by atoms with Gasteiger partial charge in [0.2, 0.25) is 0 Å². The number of nitrogens with one attached hydrogen (secondary N) is 1. The van der Waals surface area contributed by atoms with E-state index >= 15 is 0 Å². The van der Waals surface area contributed by atoms with Gasteiger partial charge >= 0.3 is 0 Å². The molecule has 0 amide bonds. The van der Waals surface area contributed by atoms with E-state index in [1.54, 1.807) is 6.92 Å². The van der Waals surface area contributed by atoms with Crippen LogP contribution in [0.15, 0.2) is 29.2 Å². The summed E-state index contributed by atoms with van der Waals surface area (Å²) < 4.78 is 0. The second-order valence-corrected chi connectivity index (χ2v) is 5.04. The molecular formula is C13H19NOS. The van der Waals surface area contributed by atoms with Gasteiger partial charge in [-0.1, -0.05) is 19.1 Å². The Morgan fingerprint density at radius 3 is 2.56 bits per heavy atom.